The van der Waals surface area contributed by atoms with Crippen molar-refractivity contribution in [1.82, 2.24) is 4.31 Å². The summed E-state index contributed by atoms with van der Waals surface area (Å²) in [5, 5.41) is 0. The van der Waals surface area contributed by atoms with Crippen LogP contribution in [0, 0.1) is 6.92 Å². The first kappa shape index (κ1) is 19.6. The van der Waals surface area contributed by atoms with Crippen LogP contribution in [-0.4, -0.2) is 41.0 Å². The van der Waals surface area contributed by atoms with Crippen molar-refractivity contribution in [2.75, 3.05) is 19.8 Å². The molecule has 0 bridgehead atoms. The molecule has 5 nitrogen and oxygen atoms in total. The Balaban J connectivity index is 2.17. The Kier molecular flexibility index (Phi) is 6.03. The van der Waals surface area contributed by atoms with Gasteiger partial charge in [0.25, 0.3) is 0 Å². The molecule has 0 spiro atoms. The molecular weight excluding hydrogens is 358 g/mol. The SMILES string of the molecule is Cc1ccc(S(C)(=O)=O)cc1S(=O)(=O)N(C)CCCc1ccccc1. The molecule has 7 heteroatoms. The van der Waals surface area contributed by atoms with Gasteiger partial charge in [-0.2, -0.15) is 0 Å². The molecule has 0 aliphatic heterocycles. The first-order valence-electron chi connectivity index (χ1n) is 7.93. The van der Waals surface area contributed by atoms with Gasteiger partial charge in [-0.25, -0.2) is 21.1 Å². The van der Waals surface area contributed by atoms with Crippen LogP contribution < -0.4 is 0 Å². The van der Waals surface area contributed by atoms with Crippen molar-refractivity contribution in [3.63, 3.8) is 0 Å². The van der Waals surface area contributed by atoms with Crippen molar-refractivity contribution in [2.45, 2.75) is 29.6 Å². The highest BCUT2D eigenvalue weighted by molar-refractivity contribution is 7.91. The molecule has 0 atom stereocenters. The Morgan fingerprint density at radius 1 is 0.960 bits per heavy atom. The second-order valence-electron chi connectivity index (χ2n) is 6.12. The number of aryl methyl sites for hydroxylation is 2. The molecule has 25 heavy (non-hydrogen) atoms. The van der Waals surface area contributed by atoms with E-state index in [1.807, 2.05) is 30.3 Å². The molecule has 0 aromatic heterocycles. The Hall–Kier alpha value is -1.70. The number of hydrogen-bond acceptors (Lipinski definition) is 4. The maximum atomic E-state index is 12.8. The number of benzene rings is 2. The van der Waals surface area contributed by atoms with Crippen molar-refractivity contribution in [2.24, 2.45) is 0 Å². The molecule has 2 rings (SSSR count). The van der Waals surface area contributed by atoms with E-state index < -0.39 is 19.9 Å². The lowest BCUT2D eigenvalue weighted by atomic mass is 10.1. The van der Waals surface area contributed by atoms with Crippen LogP contribution in [0.3, 0.4) is 0 Å². The van der Waals surface area contributed by atoms with Crippen molar-refractivity contribution >= 4 is 19.9 Å². The van der Waals surface area contributed by atoms with Crippen LogP contribution in [0.25, 0.3) is 0 Å². The molecule has 136 valence electrons. The maximum Gasteiger partial charge on any atom is 0.243 e. The van der Waals surface area contributed by atoms with Gasteiger partial charge in [0.1, 0.15) is 0 Å². The molecule has 0 heterocycles. The lowest BCUT2D eigenvalue weighted by Gasteiger charge is -2.19. The van der Waals surface area contributed by atoms with Gasteiger partial charge < -0.3 is 0 Å². The van der Waals surface area contributed by atoms with Crippen LogP contribution in [0.2, 0.25) is 0 Å². The molecule has 0 aliphatic rings. The van der Waals surface area contributed by atoms with Gasteiger partial charge >= 0.3 is 0 Å². The standard InChI is InChI=1S/C18H23NO4S2/c1-15-11-12-17(24(3,20)21)14-18(15)25(22,23)19(2)13-7-10-16-8-5-4-6-9-16/h4-6,8-9,11-12,14H,7,10,13H2,1-3H3. The van der Waals surface area contributed by atoms with Crippen LogP contribution in [0.4, 0.5) is 0 Å². The Morgan fingerprint density at radius 2 is 1.60 bits per heavy atom. The van der Waals surface area contributed by atoms with E-state index in [2.05, 4.69) is 0 Å². The van der Waals surface area contributed by atoms with E-state index in [1.54, 1.807) is 6.92 Å². The summed E-state index contributed by atoms with van der Waals surface area (Å²) >= 11 is 0. The second-order valence-corrected chi connectivity index (χ2v) is 10.1. The molecule has 2 aromatic rings. The van der Waals surface area contributed by atoms with Gasteiger partial charge in [-0.05, 0) is 43.0 Å². The average Bonchev–Trinajstić information content (AvgIpc) is 2.54. The lowest BCUT2D eigenvalue weighted by Crippen LogP contribution is -2.29. The van der Waals surface area contributed by atoms with Crippen molar-refractivity contribution in [3.8, 4) is 0 Å². The van der Waals surface area contributed by atoms with E-state index in [0.717, 1.165) is 18.2 Å². The zero-order valence-corrected chi connectivity index (χ0v) is 16.3. The van der Waals surface area contributed by atoms with Crippen LogP contribution in [0.1, 0.15) is 17.5 Å². The quantitative estimate of drug-likeness (QED) is 0.739. The van der Waals surface area contributed by atoms with Gasteiger partial charge in [-0.3, -0.25) is 0 Å². The summed E-state index contributed by atoms with van der Waals surface area (Å²) in [6, 6.07) is 14.1. The first-order chi connectivity index (χ1) is 11.6. The summed E-state index contributed by atoms with van der Waals surface area (Å²) in [7, 11) is -5.68. The molecule has 0 radical (unpaired) electrons. The summed E-state index contributed by atoms with van der Waals surface area (Å²) in [5.41, 5.74) is 1.69. The summed E-state index contributed by atoms with van der Waals surface area (Å²) in [6.45, 7) is 2.02. The van der Waals surface area contributed by atoms with E-state index in [0.29, 0.717) is 18.5 Å². The summed E-state index contributed by atoms with van der Waals surface area (Å²) in [4.78, 5) is 0.0481. The van der Waals surface area contributed by atoms with Crippen LogP contribution in [-0.2, 0) is 26.3 Å². The minimum Gasteiger partial charge on any atom is -0.224 e. The average molecular weight is 382 g/mol. The molecule has 0 N–H and O–H groups in total. The number of sulfonamides is 1. The predicted molar refractivity (Wildman–Crippen MR) is 98.9 cm³/mol. The highest BCUT2D eigenvalue weighted by atomic mass is 32.2. The van der Waals surface area contributed by atoms with E-state index in [1.165, 1.54) is 29.6 Å². The maximum absolute atomic E-state index is 12.8. The Bertz CT molecular complexity index is 936. The summed E-state index contributed by atoms with van der Waals surface area (Å²) < 4.78 is 50.3. The van der Waals surface area contributed by atoms with Gasteiger partial charge in [0.05, 0.1) is 9.79 Å². The van der Waals surface area contributed by atoms with Crippen molar-refractivity contribution in [3.05, 3.63) is 59.7 Å². The van der Waals surface area contributed by atoms with Crippen LogP contribution >= 0.6 is 0 Å². The molecule has 0 saturated heterocycles. The first-order valence-corrected chi connectivity index (χ1v) is 11.3. The van der Waals surface area contributed by atoms with Crippen LogP contribution in [0.5, 0.6) is 0 Å². The van der Waals surface area contributed by atoms with E-state index in [-0.39, 0.29) is 9.79 Å². The summed E-state index contributed by atoms with van der Waals surface area (Å²) in [5.74, 6) is 0. The molecule has 2 aromatic carbocycles. The zero-order chi connectivity index (χ0) is 18.7. The van der Waals surface area contributed by atoms with Gasteiger partial charge in [0.2, 0.25) is 10.0 Å². The fourth-order valence-electron chi connectivity index (χ4n) is 2.53. The van der Waals surface area contributed by atoms with Gasteiger partial charge in [-0.15, -0.1) is 0 Å². The minimum atomic E-state index is -3.74. The third-order valence-electron chi connectivity index (χ3n) is 4.06. The Morgan fingerprint density at radius 3 is 2.20 bits per heavy atom. The highest BCUT2D eigenvalue weighted by Gasteiger charge is 2.24. The van der Waals surface area contributed by atoms with Gasteiger partial charge in [0, 0.05) is 19.8 Å². The number of sulfone groups is 1. The topological polar surface area (TPSA) is 71.5 Å². The normalized spacial score (nSPS) is 12.5. The fraction of sp³-hybridized carbons (Fsp3) is 0.333. The fourth-order valence-corrected chi connectivity index (χ4v) is 4.71. The zero-order valence-electron chi connectivity index (χ0n) is 14.6. The molecular formula is C18H23NO4S2. The van der Waals surface area contributed by atoms with Crippen molar-refractivity contribution in [1.29, 1.82) is 0 Å². The van der Waals surface area contributed by atoms with E-state index >= 15 is 0 Å². The van der Waals surface area contributed by atoms with Crippen molar-refractivity contribution < 1.29 is 16.8 Å². The minimum absolute atomic E-state index is 0.00867. The number of nitrogens with zero attached hydrogens (tertiary/aromatic N) is 1. The molecule has 0 saturated carbocycles. The molecule has 0 aliphatic carbocycles. The highest BCUT2D eigenvalue weighted by Crippen LogP contribution is 2.23. The number of hydrogen-bond donors (Lipinski definition) is 0. The third kappa shape index (κ3) is 4.90. The summed E-state index contributed by atoms with van der Waals surface area (Å²) in [6.07, 6.45) is 2.53. The van der Waals surface area contributed by atoms with Gasteiger partial charge in [-0.1, -0.05) is 36.4 Å². The molecule has 0 unspecified atom stereocenters. The van der Waals surface area contributed by atoms with Crippen LogP contribution in [0.15, 0.2) is 58.3 Å². The van der Waals surface area contributed by atoms with E-state index in [4.69, 9.17) is 0 Å². The lowest BCUT2D eigenvalue weighted by molar-refractivity contribution is 0.461. The number of rotatable bonds is 7. The molecule has 0 fully saturated rings. The molecule has 0 amide bonds. The third-order valence-corrected chi connectivity index (χ3v) is 7.17. The second kappa shape index (κ2) is 7.68. The smallest absolute Gasteiger partial charge is 0.224 e. The monoisotopic (exact) mass is 381 g/mol. The largest absolute Gasteiger partial charge is 0.243 e. The Labute approximate surface area is 150 Å². The van der Waals surface area contributed by atoms with E-state index in [9.17, 15) is 16.8 Å². The van der Waals surface area contributed by atoms with Gasteiger partial charge in [0.15, 0.2) is 9.84 Å². The predicted octanol–water partition coefficient (Wildman–Crippen LogP) is 2.65.